The van der Waals surface area contributed by atoms with Crippen molar-refractivity contribution < 1.29 is 38.5 Å². The molecule has 0 radical (unpaired) electrons. The maximum absolute atomic E-state index is 12.5. The number of phenols is 1. The Hall–Kier alpha value is -5.57. The summed E-state index contributed by atoms with van der Waals surface area (Å²) in [5, 5.41) is 12.5. The topological polar surface area (TPSA) is 50.9 Å². The van der Waals surface area contributed by atoms with Gasteiger partial charge in [-0.1, -0.05) is 170 Å². The predicted molar refractivity (Wildman–Crippen MR) is 243 cm³/mol. The zero-order chi connectivity index (χ0) is 48.5. The van der Waals surface area contributed by atoms with Gasteiger partial charge in [0.1, 0.15) is 11.6 Å². The number of para-hydroxylation sites is 2. The van der Waals surface area contributed by atoms with Gasteiger partial charge in [-0.25, -0.2) is 4.98 Å². The number of hydrogen-bond acceptors (Lipinski definition) is 3. The fraction of sp³-hybridized carbons (Fsp3) is 0.222. The standard InChI is InChI=1S/C54H52N3O.Pt/c1-52(2,3)40-26-27-47(44(34-40)36-20-14-11-15-21-36)57-48-25-17-22-42(49(48)56-51(57)43-23-16-24-45(50(43)58)54(7,8)9)38-30-39(32-41(31-38)53(4,5)6)46-33-37(28-29-55-46)35-18-12-10-13-19-35;/h10-29,31-34,58H,1-9H3;/q-1;/i7D3,8D3,9D3;. The molecule has 0 fully saturated rings. The molecule has 0 atom stereocenters. The van der Waals surface area contributed by atoms with Gasteiger partial charge in [0.25, 0.3) is 0 Å². The number of aromatic nitrogens is 3. The smallest absolute Gasteiger partial charge is 0.148 e. The number of rotatable bonds is 6. The van der Waals surface area contributed by atoms with Crippen molar-refractivity contribution in [3.05, 3.63) is 168 Å². The minimum atomic E-state index is -3.61. The van der Waals surface area contributed by atoms with Crippen molar-refractivity contribution in [2.45, 2.75) is 78.3 Å². The fourth-order valence-corrected chi connectivity index (χ4v) is 7.49. The predicted octanol–water partition coefficient (Wildman–Crippen LogP) is 14.2. The summed E-state index contributed by atoms with van der Waals surface area (Å²) in [5.74, 6) is -0.688. The second-order valence-corrected chi connectivity index (χ2v) is 17.0. The average Bonchev–Trinajstić information content (AvgIpc) is 3.65. The molecule has 1 N–H and O–H groups in total. The summed E-state index contributed by atoms with van der Waals surface area (Å²) >= 11 is 0. The molecule has 0 spiro atoms. The van der Waals surface area contributed by atoms with Crippen LogP contribution in [0, 0.1) is 6.07 Å². The summed E-state index contributed by atoms with van der Waals surface area (Å²) in [6.45, 7) is 1.95. The van der Waals surface area contributed by atoms with E-state index in [2.05, 4.69) is 77.9 Å². The van der Waals surface area contributed by atoms with Crippen molar-refractivity contribution in [1.82, 2.24) is 14.5 Å². The van der Waals surface area contributed by atoms with Crippen LogP contribution in [0.2, 0.25) is 0 Å². The van der Waals surface area contributed by atoms with Gasteiger partial charge in [0, 0.05) is 50.9 Å². The first kappa shape index (κ1) is 31.4. The minimum absolute atomic E-state index is 0. The number of aromatic hydroxyl groups is 1. The van der Waals surface area contributed by atoms with Crippen LogP contribution in [0.1, 0.15) is 91.1 Å². The van der Waals surface area contributed by atoms with Crippen molar-refractivity contribution in [3.8, 4) is 67.5 Å². The van der Waals surface area contributed by atoms with Gasteiger partial charge in [-0.05, 0) is 74.4 Å². The van der Waals surface area contributed by atoms with E-state index < -0.39 is 37.3 Å². The molecule has 4 nitrogen and oxygen atoms in total. The van der Waals surface area contributed by atoms with Crippen LogP contribution in [0.4, 0.5) is 0 Å². The van der Waals surface area contributed by atoms with Gasteiger partial charge in [0.05, 0.1) is 22.3 Å². The van der Waals surface area contributed by atoms with E-state index in [-0.39, 0.29) is 43.3 Å². The molecule has 0 aliphatic heterocycles. The second-order valence-electron chi connectivity index (χ2n) is 17.0. The van der Waals surface area contributed by atoms with Crippen molar-refractivity contribution in [2.24, 2.45) is 0 Å². The Morgan fingerprint density at radius 3 is 1.90 bits per heavy atom. The van der Waals surface area contributed by atoms with Crippen molar-refractivity contribution in [1.29, 1.82) is 0 Å². The molecule has 0 unspecified atom stereocenters. The van der Waals surface area contributed by atoms with E-state index >= 15 is 0 Å². The van der Waals surface area contributed by atoms with Gasteiger partial charge in [-0.15, -0.1) is 29.3 Å². The summed E-state index contributed by atoms with van der Waals surface area (Å²) in [5.41, 5.74) is 5.64. The number of fused-ring (bicyclic) bond motifs is 1. The number of imidazole rings is 1. The molecule has 5 heteroatoms. The summed E-state index contributed by atoms with van der Waals surface area (Å²) in [6, 6.07) is 47.6. The van der Waals surface area contributed by atoms with Crippen molar-refractivity contribution in [2.75, 3.05) is 0 Å². The van der Waals surface area contributed by atoms with E-state index in [0.29, 0.717) is 27.8 Å². The SMILES string of the molecule is [2H]C([2H])([2H])C(c1cccc(-c2nc3c(-c4[c-]c(-c5cc(-c6ccccc6)ccn5)cc(C(C)(C)C)c4)cccc3n2-c2ccc(C(C)(C)C)cc2-c2ccccc2)c1O)(C([2H])([2H])[2H])C([2H])([2H])[2H].[Pt]. The van der Waals surface area contributed by atoms with E-state index in [0.717, 1.165) is 50.7 Å². The fourth-order valence-electron chi connectivity index (χ4n) is 7.49. The molecule has 2 aromatic heterocycles. The van der Waals surface area contributed by atoms with E-state index in [1.54, 1.807) is 6.20 Å². The zero-order valence-corrected chi connectivity index (χ0v) is 36.2. The second kappa shape index (κ2) is 15.9. The van der Waals surface area contributed by atoms with E-state index in [1.165, 1.54) is 12.1 Å². The van der Waals surface area contributed by atoms with Gasteiger partial charge < -0.3 is 5.11 Å². The number of pyridine rings is 1. The minimum Gasteiger partial charge on any atom is -0.507 e. The first-order chi connectivity index (χ1) is 31.3. The molecule has 8 rings (SSSR count). The molecule has 6 aromatic carbocycles. The maximum Gasteiger partial charge on any atom is 0.148 e. The summed E-state index contributed by atoms with van der Waals surface area (Å²) in [7, 11) is 0. The molecule has 0 amide bonds. The monoisotopic (exact) mass is 962 g/mol. The Labute approximate surface area is 377 Å². The third kappa shape index (κ3) is 8.21. The van der Waals surface area contributed by atoms with Gasteiger partial charge in [-0.2, -0.15) is 0 Å². The van der Waals surface area contributed by atoms with Crippen molar-refractivity contribution in [3.63, 3.8) is 0 Å². The molecule has 2 heterocycles. The van der Waals surface area contributed by atoms with Crippen molar-refractivity contribution >= 4 is 11.0 Å². The molecule has 0 bridgehead atoms. The Balaban J connectivity index is 0.00000684. The molecular formula is C54H52N3OPt-. The van der Waals surface area contributed by atoms with Crippen LogP contribution < -0.4 is 0 Å². The quantitative estimate of drug-likeness (QED) is 0.169. The van der Waals surface area contributed by atoms with Crippen LogP contribution in [0.5, 0.6) is 5.75 Å². The molecule has 0 saturated heterocycles. The normalized spacial score (nSPS) is 15.0. The molecule has 0 aliphatic rings. The first-order valence-corrected chi connectivity index (χ1v) is 19.5. The van der Waals surface area contributed by atoms with Gasteiger partial charge >= 0.3 is 0 Å². The molecule has 8 aromatic rings. The number of benzene rings is 6. The van der Waals surface area contributed by atoms with Crippen LogP contribution in [0.3, 0.4) is 0 Å². The van der Waals surface area contributed by atoms with Gasteiger partial charge in [0.2, 0.25) is 0 Å². The number of hydrogen-bond donors (Lipinski definition) is 1. The number of phenolic OH excluding ortho intramolecular Hbond substituents is 1. The Bertz CT molecular complexity index is 3090. The molecule has 300 valence electrons. The summed E-state index contributed by atoms with van der Waals surface area (Å²) in [6.07, 6.45) is 1.79. The van der Waals surface area contributed by atoms with Crippen LogP contribution in [0.15, 0.2) is 146 Å². The molecule has 0 saturated carbocycles. The Kier molecular flexibility index (Phi) is 8.44. The first-order valence-electron chi connectivity index (χ1n) is 24.0. The maximum atomic E-state index is 12.5. The number of nitrogens with zero attached hydrogens (tertiary/aromatic N) is 3. The molecular weight excluding hydrogens is 902 g/mol. The van der Waals surface area contributed by atoms with Crippen LogP contribution in [-0.2, 0) is 37.3 Å². The zero-order valence-electron chi connectivity index (χ0n) is 43.0. The third-order valence-corrected chi connectivity index (χ3v) is 10.7. The largest absolute Gasteiger partial charge is 0.507 e. The van der Waals surface area contributed by atoms with E-state index in [1.807, 2.05) is 95.6 Å². The van der Waals surface area contributed by atoms with E-state index in [9.17, 15) is 5.11 Å². The molecule has 0 aliphatic carbocycles. The third-order valence-electron chi connectivity index (χ3n) is 10.7. The van der Waals surface area contributed by atoms with Crippen LogP contribution in [-0.4, -0.2) is 19.6 Å². The Morgan fingerprint density at radius 2 is 1.22 bits per heavy atom. The van der Waals surface area contributed by atoms with E-state index in [4.69, 9.17) is 22.3 Å². The summed E-state index contributed by atoms with van der Waals surface area (Å²) < 4.78 is 78.4. The van der Waals surface area contributed by atoms with Crippen LogP contribution >= 0.6 is 0 Å². The molecule has 59 heavy (non-hydrogen) atoms. The Morgan fingerprint density at radius 1 is 0.576 bits per heavy atom. The van der Waals surface area contributed by atoms with Gasteiger partial charge in [0.15, 0.2) is 0 Å². The van der Waals surface area contributed by atoms with Crippen LogP contribution in [0.25, 0.3) is 72.7 Å². The summed E-state index contributed by atoms with van der Waals surface area (Å²) in [4.78, 5) is 10.1. The van der Waals surface area contributed by atoms with Gasteiger partial charge in [-0.3, -0.25) is 9.55 Å². The average molecular weight is 963 g/mol.